The molecule has 0 fully saturated rings. The molecule has 156 valence electrons. The summed E-state index contributed by atoms with van der Waals surface area (Å²) in [4.78, 5) is 12.4. The van der Waals surface area contributed by atoms with Crippen LogP contribution in [0.15, 0.2) is 47.6 Å². The minimum absolute atomic E-state index is 0.0797. The summed E-state index contributed by atoms with van der Waals surface area (Å²) in [5, 5.41) is 11.5. The van der Waals surface area contributed by atoms with Crippen LogP contribution >= 0.6 is 11.8 Å². The summed E-state index contributed by atoms with van der Waals surface area (Å²) in [6, 6.07) is 12.4. The Bertz CT molecular complexity index is 1070. The molecule has 1 aliphatic carbocycles. The molecule has 8 heteroatoms. The van der Waals surface area contributed by atoms with Gasteiger partial charge in [-0.15, -0.1) is 10.2 Å². The van der Waals surface area contributed by atoms with Crippen molar-refractivity contribution in [3.05, 3.63) is 65.0 Å². The molecule has 3 aromatic rings. The first kappa shape index (κ1) is 20.4. The molecule has 1 heterocycles. The van der Waals surface area contributed by atoms with Crippen LogP contribution in [0, 0.1) is 5.82 Å². The van der Waals surface area contributed by atoms with Gasteiger partial charge in [-0.1, -0.05) is 42.1 Å². The van der Waals surface area contributed by atoms with Crippen LogP contribution < -0.4 is 11.2 Å². The van der Waals surface area contributed by atoms with Gasteiger partial charge in [-0.3, -0.25) is 4.79 Å². The molecule has 30 heavy (non-hydrogen) atoms. The van der Waals surface area contributed by atoms with Crippen LogP contribution in [0.1, 0.15) is 42.5 Å². The number of carbonyl (C=O) groups excluding carboxylic acids is 1. The second kappa shape index (κ2) is 8.87. The van der Waals surface area contributed by atoms with Crippen LogP contribution in [0.2, 0.25) is 0 Å². The minimum Gasteiger partial charge on any atom is -0.349 e. The lowest BCUT2D eigenvalue weighted by atomic mass is 9.89. The fraction of sp³-hybridized carbons (Fsp3) is 0.318. The zero-order valence-electron chi connectivity index (χ0n) is 16.8. The van der Waals surface area contributed by atoms with E-state index in [1.54, 1.807) is 12.1 Å². The van der Waals surface area contributed by atoms with Crippen LogP contribution in [0.3, 0.4) is 0 Å². The summed E-state index contributed by atoms with van der Waals surface area (Å²) in [6.07, 6.45) is 4.73. The molecule has 1 aromatic heterocycles. The van der Waals surface area contributed by atoms with E-state index in [0.29, 0.717) is 16.5 Å². The number of hydrogen-bond donors (Lipinski definition) is 2. The van der Waals surface area contributed by atoms with Gasteiger partial charge < -0.3 is 11.2 Å². The predicted octanol–water partition coefficient (Wildman–Crippen LogP) is 3.65. The number of rotatable bonds is 6. The zero-order valence-corrected chi connectivity index (χ0v) is 17.6. The van der Waals surface area contributed by atoms with E-state index in [4.69, 9.17) is 5.84 Å². The first-order chi connectivity index (χ1) is 14.5. The molecule has 2 aromatic carbocycles. The topological polar surface area (TPSA) is 85.8 Å². The predicted molar refractivity (Wildman–Crippen MR) is 116 cm³/mol. The van der Waals surface area contributed by atoms with Crippen LogP contribution in [-0.4, -0.2) is 26.5 Å². The number of halogens is 1. The van der Waals surface area contributed by atoms with E-state index in [1.807, 2.05) is 6.92 Å². The number of aromatic nitrogens is 3. The smallest absolute Gasteiger partial charge is 0.230 e. The van der Waals surface area contributed by atoms with E-state index in [0.717, 1.165) is 18.4 Å². The van der Waals surface area contributed by atoms with Crippen molar-refractivity contribution >= 4 is 17.7 Å². The Morgan fingerprint density at radius 3 is 2.80 bits per heavy atom. The Morgan fingerprint density at radius 1 is 1.20 bits per heavy atom. The summed E-state index contributed by atoms with van der Waals surface area (Å²) in [5.74, 6) is 6.07. The third-order valence-electron chi connectivity index (χ3n) is 5.33. The number of thioether (sulfide) groups is 1. The van der Waals surface area contributed by atoms with Gasteiger partial charge in [0.2, 0.25) is 11.1 Å². The Kier molecular flexibility index (Phi) is 6.03. The molecular formula is C22H24FN5OS. The maximum atomic E-state index is 13.4. The zero-order chi connectivity index (χ0) is 21.1. The summed E-state index contributed by atoms with van der Waals surface area (Å²) >= 11 is 1.19. The monoisotopic (exact) mass is 425 g/mol. The Morgan fingerprint density at radius 2 is 2.00 bits per heavy atom. The van der Waals surface area contributed by atoms with Gasteiger partial charge in [0.05, 0.1) is 11.8 Å². The minimum atomic E-state index is -0.375. The average molecular weight is 426 g/mol. The van der Waals surface area contributed by atoms with Crippen molar-refractivity contribution in [1.29, 1.82) is 0 Å². The van der Waals surface area contributed by atoms with E-state index < -0.39 is 0 Å². The highest BCUT2D eigenvalue weighted by molar-refractivity contribution is 7.99. The van der Waals surface area contributed by atoms with Crippen molar-refractivity contribution in [2.75, 3.05) is 11.6 Å². The van der Waals surface area contributed by atoms with Gasteiger partial charge in [0.25, 0.3) is 0 Å². The fourth-order valence-corrected chi connectivity index (χ4v) is 4.39. The molecule has 0 saturated heterocycles. The van der Waals surface area contributed by atoms with Gasteiger partial charge in [-0.25, -0.2) is 9.07 Å². The normalized spacial score (nSPS) is 14.2. The van der Waals surface area contributed by atoms with E-state index in [-0.39, 0.29) is 23.5 Å². The number of nitrogens with two attached hydrogens (primary N) is 1. The number of carbonyl (C=O) groups is 1. The quantitative estimate of drug-likeness (QED) is 0.465. The van der Waals surface area contributed by atoms with Gasteiger partial charge in [-0.05, 0) is 61.4 Å². The van der Waals surface area contributed by atoms with Crippen molar-refractivity contribution in [2.45, 2.75) is 43.8 Å². The first-order valence-electron chi connectivity index (χ1n) is 10.0. The van der Waals surface area contributed by atoms with Gasteiger partial charge in [0.15, 0.2) is 5.82 Å². The first-order valence-corrected chi connectivity index (χ1v) is 11.0. The molecule has 4 rings (SSSR count). The van der Waals surface area contributed by atoms with Crippen LogP contribution in [0.25, 0.3) is 11.4 Å². The summed E-state index contributed by atoms with van der Waals surface area (Å²) < 4.78 is 14.7. The molecule has 1 aliphatic rings. The van der Waals surface area contributed by atoms with E-state index >= 15 is 0 Å². The number of nitrogen functional groups attached to an aromatic ring is 1. The largest absolute Gasteiger partial charge is 0.349 e. The van der Waals surface area contributed by atoms with Gasteiger partial charge in [0.1, 0.15) is 5.82 Å². The molecule has 1 atom stereocenters. The molecule has 6 nitrogen and oxygen atoms in total. The molecule has 3 N–H and O–H groups in total. The number of nitrogens with zero attached hydrogens (tertiary/aromatic N) is 3. The fourth-order valence-electron chi connectivity index (χ4n) is 3.72. The summed E-state index contributed by atoms with van der Waals surface area (Å²) in [7, 11) is 0. The van der Waals surface area contributed by atoms with E-state index in [2.05, 4.69) is 33.7 Å². The van der Waals surface area contributed by atoms with Gasteiger partial charge >= 0.3 is 0 Å². The number of fused-ring (bicyclic) bond motifs is 1. The molecule has 0 spiro atoms. The number of hydrogen-bond acceptors (Lipinski definition) is 5. The molecule has 0 saturated carbocycles. The second-order valence-electron chi connectivity index (χ2n) is 7.50. The Labute approximate surface area is 179 Å². The lowest BCUT2D eigenvalue weighted by molar-refractivity contribution is -0.119. The number of aryl methyl sites for hydroxylation is 2. The SMILES string of the molecule is CC(NC(=O)CSc1nnc(-c2cccc(F)c2)n1N)c1ccc2c(c1)CCCC2. The van der Waals surface area contributed by atoms with Crippen molar-refractivity contribution in [1.82, 2.24) is 20.2 Å². The lowest BCUT2D eigenvalue weighted by Gasteiger charge is -2.20. The summed E-state index contributed by atoms with van der Waals surface area (Å²) in [6.45, 7) is 1.99. The Hall–Kier alpha value is -2.87. The van der Waals surface area contributed by atoms with Crippen molar-refractivity contribution < 1.29 is 9.18 Å². The maximum absolute atomic E-state index is 13.4. The van der Waals surface area contributed by atoms with E-state index in [1.165, 1.54) is 52.5 Å². The maximum Gasteiger partial charge on any atom is 0.230 e. The highest BCUT2D eigenvalue weighted by atomic mass is 32.2. The van der Waals surface area contributed by atoms with Crippen LogP contribution in [-0.2, 0) is 17.6 Å². The van der Waals surface area contributed by atoms with Gasteiger partial charge in [0, 0.05) is 5.56 Å². The standard InChI is InChI=1S/C22H24FN5OS/c1-14(16-10-9-15-5-2-3-6-17(15)11-16)25-20(29)13-30-22-27-26-21(28(22)24)18-7-4-8-19(23)12-18/h4,7-12,14H,2-3,5-6,13,24H2,1H3,(H,25,29). The van der Waals surface area contributed by atoms with Crippen molar-refractivity contribution in [3.8, 4) is 11.4 Å². The highest BCUT2D eigenvalue weighted by Gasteiger charge is 2.17. The average Bonchev–Trinajstić information content (AvgIpc) is 3.12. The van der Waals surface area contributed by atoms with Gasteiger partial charge in [-0.2, -0.15) is 0 Å². The molecular weight excluding hydrogens is 401 g/mol. The molecule has 1 amide bonds. The third kappa shape index (κ3) is 4.48. The third-order valence-corrected chi connectivity index (χ3v) is 6.27. The lowest BCUT2D eigenvalue weighted by Crippen LogP contribution is -2.28. The highest BCUT2D eigenvalue weighted by Crippen LogP contribution is 2.25. The van der Waals surface area contributed by atoms with Crippen molar-refractivity contribution in [2.24, 2.45) is 0 Å². The number of nitrogens with one attached hydrogen (secondary N) is 1. The molecule has 0 bridgehead atoms. The van der Waals surface area contributed by atoms with E-state index in [9.17, 15) is 9.18 Å². The molecule has 0 radical (unpaired) electrons. The second-order valence-corrected chi connectivity index (χ2v) is 8.44. The number of amides is 1. The van der Waals surface area contributed by atoms with Crippen LogP contribution in [0.5, 0.6) is 0 Å². The van der Waals surface area contributed by atoms with Crippen molar-refractivity contribution in [3.63, 3.8) is 0 Å². The Balaban J connectivity index is 1.36. The van der Waals surface area contributed by atoms with Crippen LogP contribution in [0.4, 0.5) is 4.39 Å². The number of benzene rings is 2. The summed E-state index contributed by atoms with van der Waals surface area (Å²) in [5.41, 5.74) is 4.47. The molecule has 0 aliphatic heterocycles. The molecule has 1 unspecified atom stereocenters.